The van der Waals surface area contributed by atoms with Crippen LogP contribution in [0, 0.1) is 0 Å². The zero-order chi connectivity index (χ0) is 15.9. The van der Waals surface area contributed by atoms with Gasteiger partial charge in [-0.25, -0.2) is 8.42 Å². The van der Waals surface area contributed by atoms with Crippen molar-refractivity contribution in [3.05, 3.63) is 0 Å². The molecule has 1 unspecified atom stereocenters. The first-order valence-electron chi connectivity index (χ1n) is 7.62. The topological polar surface area (TPSA) is 75.7 Å². The Morgan fingerprint density at radius 2 is 2.05 bits per heavy atom. The van der Waals surface area contributed by atoms with Crippen LogP contribution in [-0.4, -0.2) is 69.6 Å². The molecule has 7 heteroatoms. The molecule has 1 heterocycles. The first-order valence-corrected chi connectivity index (χ1v) is 9.44. The van der Waals surface area contributed by atoms with Gasteiger partial charge in [0, 0.05) is 6.54 Å². The maximum absolute atomic E-state index is 11.9. The fraction of sp³-hybridized carbons (Fsp3) is 0.929. The van der Waals surface area contributed by atoms with E-state index in [1.165, 1.54) is 0 Å². The number of hydrogen-bond donors (Lipinski definition) is 1. The van der Waals surface area contributed by atoms with Crippen LogP contribution >= 0.6 is 0 Å². The number of likely N-dealkylation sites (N-methyl/N-ethyl adjacent to an activating group) is 1. The van der Waals surface area contributed by atoms with Gasteiger partial charge < -0.3 is 15.0 Å². The predicted octanol–water partition coefficient (Wildman–Crippen LogP) is 0.428. The van der Waals surface area contributed by atoms with E-state index in [4.69, 9.17) is 4.74 Å². The highest BCUT2D eigenvalue weighted by molar-refractivity contribution is 7.91. The third-order valence-electron chi connectivity index (χ3n) is 4.08. The molecule has 1 atom stereocenters. The second-order valence-corrected chi connectivity index (χ2v) is 8.06. The molecule has 0 bridgehead atoms. The summed E-state index contributed by atoms with van der Waals surface area (Å²) < 4.78 is 28.2. The summed E-state index contributed by atoms with van der Waals surface area (Å²) >= 11 is 0. The first kappa shape index (κ1) is 18.4. The minimum Gasteiger partial charge on any atom is -0.465 e. The Labute approximate surface area is 128 Å². The van der Waals surface area contributed by atoms with E-state index in [0.717, 1.165) is 19.5 Å². The summed E-state index contributed by atoms with van der Waals surface area (Å²) in [5, 5.41) is 3.04. The van der Waals surface area contributed by atoms with Gasteiger partial charge >= 0.3 is 5.97 Å². The van der Waals surface area contributed by atoms with Gasteiger partial charge in [0.25, 0.3) is 0 Å². The van der Waals surface area contributed by atoms with Crippen LogP contribution in [0.1, 0.15) is 33.1 Å². The van der Waals surface area contributed by atoms with Gasteiger partial charge in [0.2, 0.25) is 0 Å². The van der Waals surface area contributed by atoms with E-state index in [0.29, 0.717) is 31.7 Å². The fourth-order valence-electron chi connectivity index (χ4n) is 2.49. The Morgan fingerprint density at radius 1 is 1.33 bits per heavy atom. The van der Waals surface area contributed by atoms with Crippen molar-refractivity contribution in [3.8, 4) is 0 Å². The van der Waals surface area contributed by atoms with E-state index in [1.54, 1.807) is 14.0 Å². The third-order valence-corrected chi connectivity index (χ3v) is 5.79. The van der Waals surface area contributed by atoms with Crippen LogP contribution in [0.5, 0.6) is 0 Å². The van der Waals surface area contributed by atoms with Gasteiger partial charge in [0.15, 0.2) is 9.84 Å². The van der Waals surface area contributed by atoms with Crippen molar-refractivity contribution in [1.82, 2.24) is 10.2 Å². The summed E-state index contributed by atoms with van der Waals surface area (Å²) in [6, 6.07) is 0. The Balaban J connectivity index is 2.42. The van der Waals surface area contributed by atoms with Crippen LogP contribution in [0.15, 0.2) is 0 Å². The smallest absolute Gasteiger partial charge is 0.326 e. The first-order chi connectivity index (χ1) is 9.83. The average molecular weight is 320 g/mol. The SMILES string of the molecule is CCOC(=O)C(C)(CCCN1CCCS(=O)(=O)CC1)NC. The van der Waals surface area contributed by atoms with Crippen molar-refractivity contribution in [3.63, 3.8) is 0 Å². The lowest BCUT2D eigenvalue weighted by Gasteiger charge is -2.28. The predicted molar refractivity (Wildman–Crippen MR) is 83.0 cm³/mol. The normalized spacial score (nSPS) is 22.2. The number of nitrogens with one attached hydrogen (secondary N) is 1. The summed E-state index contributed by atoms with van der Waals surface area (Å²) in [5.41, 5.74) is -0.673. The van der Waals surface area contributed by atoms with Gasteiger partial charge in [0.1, 0.15) is 5.54 Å². The number of ether oxygens (including phenoxy) is 1. The molecule has 1 saturated heterocycles. The van der Waals surface area contributed by atoms with Crippen LogP contribution in [0.2, 0.25) is 0 Å². The van der Waals surface area contributed by atoms with E-state index in [2.05, 4.69) is 10.2 Å². The molecule has 1 N–H and O–H groups in total. The standard InChI is InChI=1S/C14H28N2O4S/c1-4-20-13(17)14(2,15-3)7-5-8-16-9-6-11-21(18,19)12-10-16/h15H,4-12H2,1-3H3. The molecule has 124 valence electrons. The second-order valence-electron chi connectivity index (χ2n) is 5.75. The highest BCUT2D eigenvalue weighted by Gasteiger charge is 2.32. The molecule has 1 aliphatic rings. The Kier molecular flexibility index (Phi) is 7.09. The monoisotopic (exact) mass is 320 g/mol. The number of nitrogens with zero attached hydrogens (tertiary/aromatic N) is 1. The van der Waals surface area contributed by atoms with E-state index in [1.807, 2.05) is 6.92 Å². The molecule has 0 radical (unpaired) electrons. The van der Waals surface area contributed by atoms with E-state index in [-0.39, 0.29) is 11.7 Å². The molecule has 6 nitrogen and oxygen atoms in total. The highest BCUT2D eigenvalue weighted by atomic mass is 32.2. The van der Waals surface area contributed by atoms with E-state index < -0.39 is 15.4 Å². The molecule has 0 saturated carbocycles. The number of sulfone groups is 1. The maximum atomic E-state index is 11.9. The Hall–Kier alpha value is -0.660. The number of carbonyl (C=O) groups excluding carboxylic acids is 1. The molecule has 1 fully saturated rings. The summed E-state index contributed by atoms with van der Waals surface area (Å²) in [7, 11) is -1.10. The molecule has 0 amide bonds. The minimum atomic E-state index is -2.86. The lowest BCUT2D eigenvalue weighted by atomic mass is 9.96. The van der Waals surface area contributed by atoms with E-state index in [9.17, 15) is 13.2 Å². The number of hydrogen-bond acceptors (Lipinski definition) is 6. The number of rotatable bonds is 7. The molecule has 1 aliphatic heterocycles. The van der Waals surface area contributed by atoms with Gasteiger partial charge in [-0.3, -0.25) is 4.79 Å². The van der Waals surface area contributed by atoms with Crippen molar-refractivity contribution in [2.75, 3.05) is 44.8 Å². The minimum absolute atomic E-state index is 0.231. The molecule has 0 spiro atoms. The van der Waals surface area contributed by atoms with Gasteiger partial charge in [0.05, 0.1) is 18.1 Å². The maximum Gasteiger partial charge on any atom is 0.326 e. The lowest BCUT2D eigenvalue weighted by Crippen LogP contribution is -2.49. The summed E-state index contributed by atoms with van der Waals surface area (Å²) in [5.74, 6) is 0.306. The zero-order valence-electron chi connectivity index (χ0n) is 13.4. The van der Waals surface area contributed by atoms with Crippen LogP contribution in [0.4, 0.5) is 0 Å². The van der Waals surface area contributed by atoms with Gasteiger partial charge in [-0.15, -0.1) is 0 Å². The molecule has 0 aliphatic carbocycles. The lowest BCUT2D eigenvalue weighted by molar-refractivity contribution is -0.150. The molecule has 0 aromatic heterocycles. The quantitative estimate of drug-likeness (QED) is 0.686. The third kappa shape index (κ3) is 5.92. The highest BCUT2D eigenvalue weighted by Crippen LogP contribution is 2.15. The Bertz CT molecular complexity index is 438. The molecular formula is C14H28N2O4S. The summed E-state index contributed by atoms with van der Waals surface area (Å²) in [6.45, 7) is 6.24. The van der Waals surface area contributed by atoms with Gasteiger partial charge in [-0.1, -0.05) is 0 Å². The van der Waals surface area contributed by atoms with Crippen molar-refractivity contribution < 1.29 is 17.9 Å². The second kappa shape index (κ2) is 8.10. The van der Waals surface area contributed by atoms with Crippen LogP contribution in [-0.2, 0) is 19.4 Å². The van der Waals surface area contributed by atoms with Crippen molar-refractivity contribution >= 4 is 15.8 Å². The molecule has 1 rings (SSSR count). The van der Waals surface area contributed by atoms with Crippen molar-refractivity contribution in [1.29, 1.82) is 0 Å². The number of carbonyl (C=O) groups is 1. The zero-order valence-corrected chi connectivity index (χ0v) is 14.2. The molecule has 0 aromatic carbocycles. The van der Waals surface area contributed by atoms with Gasteiger partial charge in [-0.05, 0) is 53.2 Å². The van der Waals surface area contributed by atoms with Crippen LogP contribution in [0.25, 0.3) is 0 Å². The summed E-state index contributed by atoms with van der Waals surface area (Å²) in [6.07, 6.45) is 2.20. The number of esters is 1. The molecular weight excluding hydrogens is 292 g/mol. The van der Waals surface area contributed by atoms with E-state index >= 15 is 0 Å². The fourth-order valence-corrected chi connectivity index (χ4v) is 3.80. The van der Waals surface area contributed by atoms with Crippen molar-refractivity contribution in [2.45, 2.75) is 38.6 Å². The average Bonchev–Trinajstić information content (AvgIpc) is 2.60. The Morgan fingerprint density at radius 3 is 2.67 bits per heavy atom. The molecule has 21 heavy (non-hydrogen) atoms. The summed E-state index contributed by atoms with van der Waals surface area (Å²) in [4.78, 5) is 14.1. The largest absolute Gasteiger partial charge is 0.465 e. The van der Waals surface area contributed by atoms with Crippen LogP contribution < -0.4 is 5.32 Å². The van der Waals surface area contributed by atoms with Crippen molar-refractivity contribution in [2.24, 2.45) is 0 Å². The molecule has 0 aromatic rings. The van der Waals surface area contributed by atoms with Crippen LogP contribution in [0.3, 0.4) is 0 Å². The van der Waals surface area contributed by atoms with Gasteiger partial charge in [-0.2, -0.15) is 0 Å².